The molecule has 2 aliphatic rings. The third kappa shape index (κ3) is 9.15. The van der Waals surface area contributed by atoms with Crippen LogP contribution in [0.4, 0.5) is 22.4 Å². The number of carbonyl (C=O) groups is 5. The molecule has 4 N–H and O–H groups in total. The van der Waals surface area contributed by atoms with Gasteiger partial charge in [0, 0.05) is 31.8 Å². The van der Waals surface area contributed by atoms with Gasteiger partial charge in [0.15, 0.2) is 0 Å². The Labute approximate surface area is 211 Å². The van der Waals surface area contributed by atoms with Gasteiger partial charge in [-0.3, -0.25) is 19.2 Å². The van der Waals surface area contributed by atoms with E-state index in [4.69, 9.17) is 5.11 Å². The third-order valence-electron chi connectivity index (χ3n) is 6.19. The molecule has 2 fully saturated rings. The minimum atomic E-state index is -3.37. The van der Waals surface area contributed by atoms with Crippen molar-refractivity contribution >= 4 is 29.6 Å². The van der Waals surface area contributed by atoms with Gasteiger partial charge in [-0.05, 0) is 31.6 Å². The summed E-state index contributed by atoms with van der Waals surface area (Å²) in [6, 6.07) is -5.20. The highest BCUT2D eigenvalue weighted by Gasteiger charge is 2.49. The second kappa shape index (κ2) is 11.2. The standard InChI is InChI=1S/C23H34F4N4O6/c1-21(2,3)16(30-20(36)37)19(35)31-10-9-23(26,27)11-14(31)17(33)29-13(7-8-22(4,24)25)15(32)18(34)28-12-5-6-12/h12-14,16,30H,5-11H2,1-4H3,(H,28,34)(H,29,33)(H,36,37)/t13?,14?,16-/m1/s1. The van der Waals surface area contributed by atoms with Crippen LogP contribution in [-0.4, -0.2) is 82.2 Å². The van der Waals surface area contributed by atoms with Crippen molar-refractivity contribution in [1.82, 2.24) is 20.9 Å². The first kappa shape index (κ1) is 30.3. The van der Waals surface area contributed by atoms with E-state index >= 15 is 0 Å². The number of halogens is 4. The zero-order chi connectivity index (χ0) is 28.3. The van der Waals surface area contributed by atoms with Gasteiger partial charge in [0.2, 0.25) is 23.5 Å². The Morgan fingerprint density at radius 3 is 2.14 bits per heavy atom. The van der Waals surface area contributed by atoms with Crippen molar-refractivity contribution in [1.29, 1.82) is 0 Å². The largest absolute Gasteiger partial charge is 0.465 e. The predicted molar refractivity (Wildman–Crippen MR) is 122 cm³/mol. The number of piperidine rings is 1. The summed E-state index contributed by atoms with van der Waals surface area (Å²) in [5.74, 6) is -11.1. The molecule has 1 aliphatic heterocycles. The van der Waals surface area contributed by atoms with Crippen molar-refractivity contribution in [3.63, 3.8) is 0 Å². The molecule has 2 rings (SSSR count). The van der Waals surface area contributed by atoms with Gasteiger partial charge in [-0.15, -0.1) is 0 Å². The Hall–Kier alpha value is -2.93. The molecule has 0 spiro atoms. The Morgan fingerprint density at radius 1 is 1.05 bits per heavy atom. The topological polar surface area (TPSA) is 145 Å². The van der Waals surface area contributed by atoms with Gasteiger partial charge in [0.05, 0.1) is 6.04 Å². The summed E-state index contributed by atoms with van der Waals surface area (Å²) < 4.78 is 55.6. The van der Waals surface area contributed by atoms with Crippen LogP contribution >= 0.6 is 0 Å². The van der Waals surface area contributed by atoms with Crippen molar-refractivity contribution < 1.29 is 46.6 Å². The van der Waals surface area contributed by atoms with E-state index in [1.807, 2.05) is 5.32 Å². The highest BCUT2D eigenvalue weighted by Crippen LogP contribution is 2.34. The fourth-order valence-corrected chi connectivity index (χ4v) is 3.95. The molecule has 37 heavy (non-hydrogen) atoms. The van der Waals surface area contributed by atoms with Crippen LogP contribution in [-0.2, 0) is 19.2 Å². The van der Waals surface area contributed by atoms with Gasteiger partial charge in [0.25, 0.3) is 11.8 Å². The van der Waals surface area contributed by atoms with Gasteiger partial charge in [-0.2, -0.15) is 0 Å². The maximum atomic E-state index is 14.3. The molecule has 1 aliphatic carbocycles. The van der Waals surface area contributed by atoms with E-state index in [1.165, 1.54) is 20.8 Å². The van der Waals surface area contributed by atoms with E-state index < -0.39 is 97.2 Å². The van der Waals surface area contributed by atoms with Crippen LogP contribution in [0.3, 0.4) is 0 Å². The molecular formula is C23H34F4N4O6. The van der Waals surface area contributed by atoms with E-state index in [2.05, 4.69) is 10.6 Å². The van der Waals surface area contributed by atoms with Gasteiger partial charge >= 0.3 is 6.09 Å². The van der Waals surface area contributed by atoms with Gasteiger partial charge in [-0.1, -0.05) is 20.8 Å². The van der Waals surface area contributed by atoms with Gasteiger partial charge in [0.1, 0.15) is 12.1 Å². The number of nitrogens with one attached hydrogen (secondary N) is 3. The molecule has 2 unspecified atom stereocenters. The van der Waals surface area contributed by atoms with Crippen LogP contribution in [0, 0.1) is 5.41 Å². The molecule has 3 atom stereocenters. The highest BCUT2D eigenvalue weighted by atomic mass is 19.3. The number of amides is 4. The summed E-state index contributed by atoms with van der Waals surface area (Å²) in [4.78, 5) is 63.4. The minimum Gasteiger partial charge on any atom is -0.465 e. The van der Waals surface area contributed by atoms with Crippen LogP contribution in [0.5, 0.6) is 0 Å². The number of carboxylic acid groups (broad SMARTS) is 1. The molecule has 14 heteroatoms. The van der Waals surface area contributed by atoms with Crippen LogP contribution in [0.2, 0.25) is 0 Å². The van der Waals surface area contributed by atoms with E-state index in [0.29, 0.717) is 19.8 Å². The number of rotatable bonds is 10. The number of alkyl halides is 4. The number of carbonyl (C=O) groups excluding carboxylic acids is 4. The molecule has 0 aromatic rings. The number of hydrogen-bond donors (Lipinski definition) is 4. The molecule has 1 heterocycles. The van der Waals surface area contributed by atoms with Crippen LogP contribution < -0.4 is 16.0 Å². The lowest BCUT2D eigenvalue weighted by Crippen LogP contribution is -2.63. The summed E-state index contributed by atoms with van der Waals surface area (Å²) in [6.45, 7) is 4.61. The Balaban J connectivity index is 2.30. The van der Waals surface area contributed by atoms with Crippen LogP contribution in [0.1, 0.15) is 66.2 Å². The lowest BCUT2D eigenvalue weighted by Gasteiger charge is -2.42. The first-order chi connectivity index (χ1) is 16.8. The van der Waals surface area contributed by atoms with Crippen LogP contribution in [0.25, 0.3) is 0 Å². The highest BCUT2D eigenvalue weighted by molar-refractivity contribution is 6.38. The SMILES string of the molecule is CC(F)(F)CCC(NC(=O)C1CC(F)(F)CCN1C(=O)[C@@H](NC(=O)O)C(C)(C)C)C(=O)C(=O)NC1CC1. The minimum absolute atomic E-state index is 0.235. The molecule has 1 saturated heterocycles. The van der Waals surface area contributed by atoms with Gasteiger partial charge < -0.3 is 26.0 Å². The maximum Gasteiger partial charge on any atom is 0.405 e. The van der Waals surface area contributed by atoms with Crippen molar-refractivity contribution in [3.8, 4) is 0 Å². The molecule has 0 bridgehead atoms. The molecule has 10 nitrogen and oxygen atoms in total. The van der Waals surface area contributed by atoms with Crippen LogP contribution in [0.15, 0.2) is 0 Å². The normalized spacial score (nSPS) is 21.4. The number of hydrogen-bond acceptors (Lipinski definition) is 5. The molecule has 0 aromatic heterocycles. The van der Waals surface area contributed by atoms with E-state index in [1.54, 1.807) is 0 Å². The Bertz CT molecular complexity index is 914. The maximum absolute atomic E-state index is 14.3. The zero-order valence-corrected chi connectivity index (χ0v) is 21.2. The lowest BCUT2D eigenvalue weighted by atomic mass is 9.84. The summed E-state index contributed by atoms with van der Waals surface area (Å²) in [5.41, 5.74) is -0.997. The Morgan fingerprint density at radius 2 is 1.65 bits per heavy atom. The summed E-state index contributed by atoms with van der Waals surface area (Å²) >= 11 is 0. The first-order valence-corrected chi connectivity index (χ1v) is 12.0. The van der Waals surface area contributed by atoms with Gasteiger partial charge in [-0.25, -0.2) is 22.4 Å². The van der Waals surface area contributed by atoms with E-state index in [9.17, 15) is 41.5 Å². The molecule has 1 saturated carbocycles. The molecule has 0 aromatic carbocycles. The number of likely N-dealkylation sites (tertiary alicyclic amines) is 1. The van der Waals surface area contributed by atoms with Crippen molar-refractivity contribution in [2.75, 3.05) is 6.54 Å². The fraction of sp³-hybridized carbons (Fsp3) is 0.783. The van der Waals surface area contributed by atoms with Crippen molar-refractivity contribution in [3.05, 3.63) is 0 Å². The first-order valence-electron chi connectivity index (χ1n) is 12.0. The summed E-state index contributed by atoms with van der Waals surface area (Å²) in [5, 5.41) is 15.7. The second-order valence-electron chi connectivity index (χ2n) is 10.9. The smallest absolute Gasteiger partial charge is 0.405 e. The number of nitrogens with zero attached hydrogens (tertiary/aromatic N) is 1. The monoisotopic (exact) mass is 538 g/mol. The number of ketones is 1. The zero-order valence-electron chi connectivity index (χ0n) is 21.2. The third-order valence-corrected chi connectivity index (χ3v) is 6.19. The molecule has 4 amide bonds. The predicted octanol–water partition coefficient (Wildman–Crippen LogP) is 2.06. The van der Waals surface area contributed by atoms with Crippen molar-refractivity contribution in [2.24, 2.45) is 5.41 Å². The van der Waals surface area contributed by atoms with E-state index in [0.717, 1.165) is 4.90 Å². The lowest BCUT2D eigenvalue weighted by molar-refractivity contribution is -0.156. The number of Topliss-reactive ketones (excluding diaryl/α,β-unsaturated/α-hetero) is 1. The quantitative estimate of drug-likeness (QED) is 0.248. The summed E-state index contributed by atoms with van der Waals surface area (Å²) in [6.07, 6.45) is -3.71. The molecule has 0 radical (unpaired) electrons. The molecule has 210 valence electrons. The summed E-state index contributed by atoms with van der Waals surface area (Å²) in [7, 11) is 0. The average molecular weight is 539 g/mol. The Kier molecular flexibility index (Phi) is 9.18. The average Bonchev–Trinajstić information content (AvgIpc) is 3.55. The fourth-order valence-electron chi connectivity index (χ4n) is 3.95. The second-order valence-corrected chi connectivity index (χ2v) is 10.9. The van der Waals surface area contributed by atoms with Crippen molar-refractivity contribution in [2.45, 2.75) is 102 Å². The molecular weight excluding hydrogens is 504 g/mol. The van der Waals surface area contributed by atoms with E-state index in [-0.39, 0.29) is 6.04 Å².